The highest BCUT2D eigenvalue weighted by Gasteiger charge is 2.48. The summed E-state index contributed by atoms with van der Waals surface area (Å²) in [6, 6.07) is 18.5. The lowest BCUT2D eigenvalue weighted by Gasteiger charge is -2.35. The number of fused-ring (bicyclic) bond motifs is 1. The summed E-state index contributed by atoms with van der Waals surface area (Å²) in [4.78, 5) is 47.6. The number of carbonyl (C=O) groups excluding carboxylic acids is 1. The lowest BCUT2D eigenvalue weighted by molar-refractivity contribution is -0.165. The Morgan fingerprint density at radius 1 is 0.909 bits per heavy atom. The number of aromatic nitrogens is 1. The van der Waals surface area contributed by atoms with Gasteiger partial charge in [-0.1, -0.05) is 42.1 Å². The fraction of sp³-hybridized carbons (Fsp3) is 0.429. The number of carbonyl (C=O) groups is 2. The van der Waals surface area contributed by atoms with Crippen molar-refractivity contribution in [2.75, 3.05) is 45.9 Å². The fourth-order valence-corrected chi connectivity index (χ4v) is 7.56. The summed E-state index contributed by atoms with van der Waals surface area (Å²) in [5, 5.41) is 14.1. The normalized spacial score (nSPS) is 19.7. The Labute approximate surface area is 318 Å². The van der Waals surface area contributed by atoms with Crippen molar-refractivity contribution in [2.24, 2.45) is 17.0 Å². The molecule has 3 aromatic carbocycles. The zero-order valence-electron chi connectivity index (χ0n) is 31.1. The summed E-state index contributed by atoms with van der Waals surface area (Å²) >= 11 is 0. The third kappa shape index (κ3) is 10.5. The molecule has 1 aromatic heterocycles. The number of carboxylic acid groups (broad SMARTS) is 1. The number of hydrogen-bond acceptors (Lipinski definition) is 9. The minimum absolute atomic E-state index is 0.123. The molecular weight excluding hydrogens is 710 g/mol. The number of nitrogens with one attached hydrogen (secondary N) is 1. The number of H-pyrrole nitrogens is 1. The van der Waals surface area contributed by atoms with Gasteiger partial charge in [-0.05, 0) is 131 Å². The largest absolute Gasteiger partial charge is 0.478 e. The molecule has 0 amide bonds. The maximum atomic E-state index is 13.1. The van der Waals surface area contributed by atoms with Crippen LogP contribution in [0.15, 0.2) is 93.2 Å². The number of hydrogen-bond donors (Lipinski definition) is 2. The lowest BCUT2D eigenvalue weighted by atomic mass is 9.88. The molecule has 3 aliphatic heterocycles. The van der Waals surface area contributed by atoms with Crippen molar-refractivity contribution in [3.8, 4) is 0 Å². The van der Waals surface area contributed by atoms with Crippen LogP contribution in [0.4, 0.5) is 8.78 Å². The van der Waals surface area contributed by atoms with Gasteiger partial charge in [0.25, 0.3) is 5.60 Å². The van der Waals surface area contributed by atoms with Gasteiger partial charge in [-0.2, -0.15) is 0 Å². The number of oxazole rings is 1. The van der Waals surface area contributed by atoms with Gasteiger partial charge in [0.2, 0.25) is 0 Å². The first-order valence-electron chi connectivity index (χ1n) is 18.9. The molecule has 0 saturated carbocycles. The van der Waals surface area contributed by atoms with E-state index >= 15 is 0 Å². The second-order valence-electron chi connectivity index (χ2n) is 14.8. The molecule has 2 fully saturated rings. The molecule has 292 valence electrons. The quantitative estimate of drug-likeness (QED) is 0.125. The van der Waals surface area contributed by atoms with Crippen LogP contribution >= 0.6 is 0 Å². The molecule has 4 heterocycles. The van der Waals surface area contributed by atoms with Crippen molar-refractivity contribution in [2.45, 2.75) is 57.5 Å². The Morgan fingerprint density at radius 3 is 2.02 bits per heavy atom. The zero-order chi connectivity index (χ0) is 39.0. The van der Waals surface area contributed by atoms with E-state index in [9.17, 15) is 28.3 Å². The Bertz CT molecular complexity index is 2030. The minimum atomic E-state index is -1.45. The number of aromatic amines is 1. The molecular formula is C42H48F2N4O7. The number of esters is 1. The molecule has 0 bridgehead atoms. The predicted molar refractivity (Wildman–Crippen MR) is 204 cm³/mol. The van der Waals surface area contributed by atoms with Crippen LogP contribution in [0.1, 0.15) is 55.7 Å². The second-order valence-corrected chi connectivity index (χ2v) is 14.8. The van der Waals surface area contributed by atoms with Crippen LogP contribution < -0.4 is 5.76 Å². The van der Waals surface area contributed by atoms with Crippen molar-refractivity contribution < 1.29 is 37.5 Å². The Hall–Kier alpha value is -5.14. The van der Waals surface area contributed by atoms with E-state index in [0.29, 0.717) is 52.9 Å². The summed E-state index contributed by atoms with van der Waals surface area (Å²) in [6.07, 6.45) is 6.06. The number of benzene rings is 3. The molecule has 1 atom stereocenters. The van der Waals surface area contributed by atoms with E-state index in [1.54, 1.807) is 25.1 Å². The van der Waals surface area contributed by atoms with Gasteiger partial charge in [0.05, 0.1) is 24.4 Å². The first-order chi connectivity index (χ1) is 26.5. The van der Waals surface area contributed by atoms with Gasteiger partial charge in [0.15, 0.2) is 5.58 Å². The van der Waals surface area contributed by atoms with Crippen LogP contribution in [0.2, 0.25) is 0 Å². The molecule has 7 rings (SSSR count). The molecule has 11 nitrogen and oxygen atoms in total. The maximum absolute atomic E-state index is 13.1. The number of nitrogens with zero attached hydrogens (tertiary/aromatic N) is 3. The number of rotatable bonds is 12. The number of piperidine rings is 2. The van der Waals surface area contributed by atoms with Crippen molar-refractivity contribution in [1.29, 1.82) is 0 Å². The topological polar surface area (TPSA) is 138 Å². The summed E-state index contributed by atoms with van der Waals surface area (Å²) in [5.41, 5.74) is 3.50. The number of ether oxygens (including phenoxy) is 1. The molecule has 0 spiro atoms. The van der Waals surface area contributed by atoms with Crippen LogP contribution in [-0.2, 0) is 32.0 Å². The van der Waals surface area contributed by atoms with Crippen LogP contribution in [0.25, 0.3) is 11.1 Å². The minimum Gasteiger partial charge on any atom is -0.478 e. The monoisotopic (exact) mass is 758 g/mol. The van der Waals surface area contributed by atoms with Crippen LogP contribution in [0, 0.1) is 23.5 Å². The zero-order valence-corrected chi connectivity index (χ0v) is 31.1. The van der Waals surface area contributed by atoms with E-state index < -0.39 is 17.3 Å². The number of oxime groups is 1. The summed E-state index contributed by atoms with van der Waals surface area (Å²) < 4.78 is 36.1. The fourth-order valence-electron chi connectivity index (χ4n) is 7.56. The Balaban J connectivity index is 0.000000204. The number of halogens is 2. The number of aliphatic carboxylic acids is 1. The van der Waals surface area contributed by atoms with Crippen LogP contribution in [-0.4, -0.2) is 89.0 Å². The molecule has 4 aromatic rings. The lowest BCUT2D eigenvalue weighted by Crippen LogP contribution is -2.51. The van der Waals surface area contributed by atoms with Gasteiger partial charge >= 0.3 is 17.7 Å². The van der Waals surface area contributed by atoms with Gasteiger partial charge in [0, 0.05) is 24.1 Å². The summed E-state index contributed by atoms with van der Waals surface area (Å²) in [7, 11) is 0. The third-order valence-corrected chi connectivity index (χ3v) is 10.7. The highest BCUT2D eigenvalue weighted by Crippen LogP contribution is 2.32. The second kappa shape index (κ2) is 18.0. The van der Waals surface area contributed by atoms with Gasteiger partial charge in [-0.15, -0.1) is 0 Å². The maximum Gasteiger partial charge on any atom is 0.417 e. The highest BCUT2D eigenvalue weighted by molar-refractivity contribution is 6.06. The SMILES string of the molecule is C=C(CN1CCC(Cc2ccc(F)cc2)CC1)C(=O)OCC.O=C(O)C1(CN2CCC(Cc3ccc(F)cc3)CC2)CC(c2ccc3[nH]c(=O)oc3c2)=NO1. The van der Waals surface area contributed by atoms with E-state index in [2.05, 4.69) is 26.5 Å². The van der Waals surface area contributed by atoms with Crippen molar-refractivity contribution in [3.63, 3.8) is 0 Å². The predicted octanol–water partition coefficient (Wildman–Crippen LogP) is 6.36. The third-order valence-electron chi connectivity index (χ3n) is 10.7. The first-order valence-corrected chi connectivity index (χ1v) is 18.9. The van der Waals surface area contributed by atoms with Crippen molar-refractivity contribution in [3.05, 3.63) is 118 Å². The standard InChI is InChI=1S/C24H24FN3O5.C18H24FNO2/c25-18-4-1-15(2-5-18)11-16-7-9-28(10-8-16)14-24(22(29)30)13-20(27-33-24)17-3-6-19-21(12-17)32-23(31)26-19;1-3-22-18(21)14(2)13-20-10-8-16(9-11-20)12-15-4-6-17(19)7-5-15/h1-6,12,16H,7-11,13-14H2,(H,26,31)(H,29,30);4-7,16H,2-3,8-13H2,1H3. The number of carboxylic acids is 1. The molecule has 0 aliphatic carbocycles. The molecule has 55 heavy (non-hydrogen) atoms. The first kappa shape index (κ1) is 39.6. The van der Waals surface area contributed by atoms with Crippen LogP contribution in [0.3, 0.4) is 0 Å². The highest BCUT2D eigenvalue weighted by atomic mass is 19.1. The van der Waals surface area contributed by atoms with Gasteiger partial charge in [0.1, 0.15) is 11.6 Å². The van der Waals surface area contributed by atoms with E-state index in [-0.39, 0.29) is 30.6 Å². The summed E-state index contributed by atoms with van der Waals surface area (Å²) in [5.74, 6) is -1.21. The Morgan fingerprint density at radius 2 is 1.47 bits per heavy atom. The molecule has 2 N–H and O–H groups in total. The van der Waals surface area contributed by atoms with Gasteiger partial charge < -0.3 is 19.1 Å². The van der Waals surface area contributed by atoms with E-state index in [1.165, 1.54) is 29.8 Å². The molecule has 2 saturated heterocycles. The van der Waals surface area contributed by atoms with Gasteiger partial charge in [-0.3, -0.25) is 14.8 Å². The molecule has 0 radical (unpaired) electrons. The molecule has 13 heteroatoms. The molecule has 1 unspecified atom stereocenters. The van der Waals surface area contributed by atoms with Crippen molar-refractivity contribution >= 4 is 28.8 Å². The van der Waals surface area contributed by atoms with E-state index in [0.717, 1.165) is 70.3 Å². The number of likely N-dealkylation sites (tertiary alicyclic amines) is 2. The summed E-state index contributed by atoms with van der Waals surface area (Å²) in [6.45, 7) is 10.3. The van der Waals surface area contributed by atoms with Crippen molar-refractivity contribution in [1.82, 2.24) is 14.8 Å². The average molecular weight is 759 g/mol. The van der Waals surface area contributed by atoms with Gasteiger partial charge in [-0.25, -0.2) is 23.2 Å². The molecule has 3 aliphatic rings. The Kier molecular flexibility index (Phi) is 12.9. The average Bonchev–Trinajstić information content (AvgIpc) is 3.78. The van der Waals surface area contributed by atoms with E-state index in [4.69, 9.17) is 14.0 Å². The van der Waals surface area contributed by atoms with Crippen LogP contribution in [0.5, 0.6) is 0 Å². The van der Waals surface area contributed by atoms with E-state index in [1.807, 2.05) is 24.3 Å². The smallest absolute Gasteiger partial charge is 0.417 e.